The number of ether oxygens (including phenoxy) is 1. The lowest BCUT2D eigenvalue weighted by Crippen LogP contribution is -2.68. The van der Waals surface area contributed by atoms with E-state index in [9.17, 15) is 9.59 Å². The zero-order valence-corrected chi connectivity index (χ0v) is 24.6. The average molecular weight is 561 g/mol. The van der Waals surface area contributed by atoms with Crippen molar-refractivity contribution in [1.82, 2.24) is 0 Å². The molecule has 0 radical (unpaired) electrons. The molecule has 0 aliphatic rings. The maximum absolute atomic E-state index is 13.0. The highest BCUT2D eigenvalue weighted by atomic mass is 28.4. The normalized spacial score (nSPS) is 11.6. The number of methoxy groups -OCH3 is 1. The topological polar surface area (TPSA) is 65.7 Å². The number of furan rings is 1. The van der Waals surface area contributed by atoms with Gasteiger partial charge in [-0.25, -0.2) is 0 Å². The lowest BCUT2D eigenvalue weighted by molar-refractivity contribution is 0.0816. The molecule has 0 atom stereocenters. The molecule has 5 aromatic rings. The second kappa shape index (κ2) is 11.4. The van der Waals surface area contributed by atoms with E-state index >= 15 is 0 Å². The number of hydrogen-bond acceptors (Lipinski definition) is 5. The Kier molecular flexibility index (Phi) is 7.77. The molecule has 0 amide bonds. The van der Waals surface area contributed by atoms with Crippen molar-refractivity contribution in [2.75, 3.05) is 7.11 Å². The van der Waals surface area contributed by atoms with Crippen molar-refractivity contribution in [3.8, 4) is 22.6 Å². The van der Waals surface area contributed by atoms with E-state index in [2.05, 4.69) is 69.3 Å². The first kappa shape index (κ1) is 27.9. The molecule has 41 heavy (non-hydrogen) atoms. The second-order valence-corrected chi connectivity index (χ2v) is 15.1. The highest BCUT2D eigenvalue weighted by molar-refractivity contribution is 7.00. The number of carbonyl (C=O) groups excluding carboxylic acids is 2. The molecule has 1 heterocycles. The fraction of sp³-hybridized carbons (Fsp3) is 0.143. The summed E-state index contributed by atoms with van der Waals surface area (Å²) in [5.74, 6) is 0.0821. The smallest absolute Gasteiger partial charge is 0.319 e. The monoisotopic (exact) mass is 560 g/mol. The average Bonchev–Trinajstić information content (AvgIpc) is 3.54. The lowest BCUT2D eigenvalue weighted by atomic mass is 9.98. The molecule has 5 rings (SSSR count). The summed E-state index contributed by atoms with van der Waals surface area (Å²) in [6.45, 7) is 6.69. The van der Waals surface area contributed by atoms with E-state index in [0.29, 0.717) is 17.1 Å². The van der Waals surface area contributed by atoms with Gasteiger partial charge in [-0.3, -0.25) is 9.59 Å². The third-order valence-corrected chi connectivity index (χ3v) is 12.2. The van der Waals surface area contributed by atoms with Gasteiger partial charge in [0.25, 0.3) is 0 Å². The molecule has 0 aliphatic heterocycles. The van der Waals surface area contributed by atoms with E-state index in [1.54, 1.807) is 25.3 Å². The first-order chi connectivity index (χ1) is 19.7. The maximum atomic E-state index is 13.0. The molecule has 5 nitrogen and oxygen atoms in total. The molecule has 0 aliphatic carbocycles. The molecule has 0 unspecified atom stereocenters. The van der Waals surface area contributed by atoms with Gasteiger partial charge in [-0.2, -0.15) is 0 Å². The van der Waals surface area contributed by atoms with E-state index in [0.717, 1.165) is 21.5 Å². The first-order valence-electron chi connectivity index (χ1n) is 13.4. The third kappa shape index (κ3) is 5.51. The van der Waals surface area contributed by atoms with Crippen molar-refractivity contribution in [2.45, 2.75) is 25.8 Å². The van der Waals surface area contributed by atoms with Crippen molar-refractivity contribution in [3.63, 3.8) is 0 Å². The number of carbonyl (C=O) groups is 2. The van der Waals surface area contributed by atoms with Crippen LogP contribution in [-0.4, -0.2) is 27.0 Å². The van der Waals surface area contributed by atoms with Gasteiger partial charge in [-0.15, -0.1) is 0 Å². The molecular formula is C35H32O5Si. The highest BCUT2D eigenvalue weighted by Crippen LogP contribution is 2.39. The van der Waals surface area contributed by atoms with Gasteiger partial charge in [0.05, 0.1) is 18.9 Å². The van der Waals surface area contributed by atoms with E-state index < -0.39 is 19.9 Å². The van der Waals surface area contributed by atoms with Crippen LogP contribution in [0.25, 0.3) is 11.1 Å². The van der Waals surface area contributed by atoms with Crippen LogP contribution in [-0.2, 0) is 0 Å². The summed E-state index contributed by atoms with van der Waals surface area (Å²) in [6, 6.07) is 35.2. The fourth-order valence-electron chi connectivity index (χ4n) is 5.24. The third-order valence-electron chi connectivity index (χ3n) is 7.25. The van der Waals surface area contributed by atoms with Gasteiger partial charge in [0.2, 0.25) is 11.6 Å². The summed E-state index contributed by atoms with van der Waals surface area (Å²) in [4.78, 5) is 25.7. The summed E-state index contributed by atoms with van der Waals surface area (Å²) in [5.41, 5.74) is 2.10. The van der Waals surface area contributed by atoms with E-state index in [4.69, 9.17) is 13.6 Å². The molecule has 0 spiro atoms. The van der Waals surface area contributed by atoms with Crippen LogP contribution >= 0.6 is 0 Å². The van der Waals surface area contributed by atoms with Crippen molar-refractivity contribution < 1.29 is 23.2 Å². The standard InChI is InChI=1S/C35H32O5Si/c1-35(2,3)41(31-14-7-5-8-15-31,32-16-9-6-10-17-32)40-30-22-28(21-29(23-30)38-4)25-12-11-13-26(20-25)33(36)34(37)27-18-19-39-24-27/h5-24H,1-4H3. The Labute approximate surface area is 241 Å². The molecule has 206 valence electrons. The van der Waals surface area contributed by atoms with Crippen LogP contribution in [0.4, 0.5) is 0 Å². The van der Waals surface area contributed by atoms with Gasteiger partial charge in [-0.1, -0.05) is 99.6 Å². The van der Waals surface area contributed by atoms with Crippen molar-refractivity contribution in [2.24, 2.45) is 0 Å². The van der Waals surface area contributed by atoms with Crippen LogP contribution in [0.1, 0.15) is 41.5 Å². The Morgan fingerprint density at radius 3 is 1.83 bits per heavy atom. The van der Waals surface area contributed by atoms with E-state index in [1.165, 1.54) is 18.6 Å². The van der Waals surface area contributed by atoms with E-state index in [-0.39, 0.29) is 10.6 Å². The molecule has 6 heteroatoms. The summed E-state index contributed by atoms with van der Waals surface area (Å²) < 4.78 is 17.9. The number of ketones is 2. The van der Waals surface area contributed by atoms with Crippen LogP contribution in [0.15, 0.2) is 126 Å². The minimum Gasteiger partial charge on any atom is -0.534 e. The summed E-state index contributed by atoms with van der Waals surface area (Å²) in [5, 5.41) is 2.10. The predicted molar refractivity (Wildman–Crippen MR) is 164 cm³/mol. The molecule has 1 aromatic heterocycles. The van der Waals surface area contributed by atoms with Crippen molar-refractivity contribution in [1.29, 1.82) is 0 Å². The Bertz CT molecular complexity index is 1610. The quantitative estimate of drug-likeness (QED) is 0.111. The molecule has 0 saturated heterocycles. The number of hydrogen-bond donors (Lipinski definition) is 0. The maximum Gasteiger partial charge on any atom is 0.319 e. The van der Waals surface area contributed by atoms with Gasteiger partial charge in [-0.05, 0) is 50.8 Å². The zero-order chi connectivity index (χ0) is 29.0. The van der Waals surface area contributed by atoms with Gasteiger partial charge < -0.3 is 13.6 Å². The van der Waals surface area contributed by atoms with Crippen molar-refractivity contribution >= 4 is 30.3 Å². The van der Waals surface area contributed by atoms with Crippen LogP contribution in [0.2, 0.25) is 5.04 Å². The van der Waals surface area contributed by atoms with E-state index in [1.807, 2.05) is 36.4 Å². The lowest BCUT2D eigenvalue weighted by Gasteiger charge is -2.43. The Morgan fingerprint density at radius 1 is 0.659 bits per heavy atom. The van der Waals surface area contributed by atoms with Crippen LogP contribution in [0.5, 0.6) is 11.5 Å². The fourth-order valence-corrected chi connectivity index (χ4v) is 9.64. The number of Topliss-reactive ketones (excluding diaryl/α,β-unsaturated/α-hetero) is 2. The van der Waals surface area contributed by atoms with Crippen LogP contribution in [0.3, 0.4) is 0 Å². The van der Waals surface area contributed by atoms with Gasteiger partial charge in [0, 0.05) is 11.6 Å². The molecule has 0 N–H and O–H groups in total. The predicted octanol–water partition coefficient (Wildman–Crippen LogP) is 6.96. The Hall–Kier alpha value is -4.68. The van der Waals surface area contributed by atoms with Crippen molar-refractivity contribution in [3.05, 3.63) is 133 Å². The molecule has 0 bridgehead atoms. The number of benzene rings is 4. The second-order valence-electron chi connectivity index (χ2n) is 10.9. The zero-order valence-electron chi connectivity index (χ0n) is 23.6. The SMILES string of the molecule is COc1cc(O[Si](c2ccccc2)(c2ccccc2)C(C)(C)C)cc(-c2cccc(C(=O)C(=O)c3ccoc3)c2)c1. The largest absolute Gasteiger partial charge is 0.534 e. The Morgan fingerprint density at radius 2 is 1.27 bits per heavy atom. The molecule has 0 saturated carbocycles. The van der Waals surface area contributed by atoms with Gasteiger partial charge in [0.1, 0.15) is 17.8 Å². The molecular weight excluding hydrogens is 528 g/mol. The minimum atomic E-state index is -2.89. The minimum absolute atomic E-state index is 0.223. The van der Waals surface area contributed by atoms with Crippen LogP contribution in [0, 0.1) is 0 Å². The summed E-state index contributed by atoms with van der Waals surface area (Å²) >= 11 is 0. The molecule has 4 aromatic carbocycles. The van der Waals surface area contributed by atoms with Gasteiger partial charge in [0.15, 0.2) is 0 Å². The summed E-state index contributed by atoms with van der Waals surface area (Å²) in [7, 11) is -1.27. The molecule has 0 fully saturated rings. The first-order valence-corrected chi connectivity index (χ1v) is 15.3. The van der Waals surface area contributed by atoms with Gasteiger partial charge >= 0.3 is 8.32 Å². The highest BCUT2D eigenvalue weighted by Gasteiger charge is 2.52. The number of rotatable bonds is 9. The Balaban J connectivity index is 1.61. The van der Waals surface area contributed by atoms with Crippen LogP contribution < -0.4 is 19.5 Å². The summed E-state index contributed by atoms with van der Waals surface area (Å²) in [6.07, 6.45) is 2.65.